The largest absolute Gasteiger partial charge is 0.499 e. The Kier molecular flexibility index (Phi) is 30.7. The van der Waals surface area contributed by atoms with E-state index < -0.39 is 78.6 Å². The Morgan fingerprint density at radius 3 is 1.58 bits per heavy atom. The minimum absolute atomic E-state index is 0. The second kappa shape index (κ2) is 37.1. The molecule has 24 nitrogen and oxygen atoms in total. The van der Waals surface area contributed by atoms with Crippen molar-refractivity contribution in [1.82, 2.24) is 30.6 Å². The number of carboxylic acids is 2. The summed E-state index contributed by atoms with van der Waals surface area (Å²) in [7, 11) is 14.8. The molecule has 6 aliphatic carbocycles. The molecular weight excluding hydrogens is 1480 g/mol. The number of carbonyl (C=O) groups excluding carboxylic acids is 2. The van der Waals surface area contributed by atoms with Gasteiger partial charge in [0.15, 0.2) is 0 Å². The van der Waals surface area contributed by atoms with E-state index in [0.717, 1.165) is 57.7 Å². The number of halogens is 1. The van der Waals surface area contributed by atoms with E-state index in [-0.39, 0.29) is 62.2 Å². The fourth-order valence-corrected chi connectivity index (χ4v) is 17.3. The SMILES string of the molecule is C.CN(C)c1cc(B2OC(C)(C)C(C)(C)O2)cc(C(=O)O)c1.C[C@@H]1[C@@H](NC(=O)[C@@H]2[C@H]([C@H](C)O)[C@H](CO)ON2C/C=C/C=C\C(=C\OCCN(C)C)c2cc(C(=O)O)cc(N(C)C)c2)C[C@H]2C[C@@H]1C2(C)C.C[C@@H]1[C@@H](NC(=O)[C@@H]2[C@H]([C@H](C)O)[C@H](CO)ON2Cc2cccc(I)c2OCCN(C)C)C[C@H]2C[C@@H]1C2(C)C. The van der Waals surface area contributed by atoms with Gasteiger partial charge in [-0.15, -0.1) is 0 Å². The van der Waals surface area contributed by atoms with Crippen molar-refractivity contribution in [2.75, 3.05) is 112 Å². The molecule has 6 saturated carbocycles. The average Bonchev–Trinajstić information content (AvgIpc) is 1.62. The van der Waals surface area contributed by atoms with Crippen LogP contribution in [0.3, 0.4) is 0 Å². The van der Waals surface area contributed by atoms with Crippen LogP contribution < -0.4 is 30.6 Å². The molecule has 4 bridgehead atoms. The van der Waals surface area contributed by atoms with Crippen molar-refractivity contribution in [3.05, 3.63) is 111 Å². The molecule has 9 aliphatic rings. The van der Waals surface area contributed by atoms with Crippen LogP contribution in [0.15, 0.2) is 85.2 Å². The number of carboxylic acid groups (broad SMARTS) is 2. The van der Waals surface area contributed by atoms with Gasteiger partial charge in [-0.25, -0.2) is 9.59 Å². The van der Waals surface area contributed by atoms with E-state index in [2.05, 4.69) is 79.7 Å². The molecule has 3 aromatic carbocycles. The summed E-state index contributed by atoms with van der Waals surface area (Å²) in [6.45, 7) is 27.5. The predicted molar refractivity (Wildman–Crippen MR) is 428 cm³/mol. The molecular formula is C81H126BIN8O16. The highest BCUT2D eigenvalue weighted by Crippen LogP contribution is 2.62. The number of likely N-dealkylation sites (N-methyl/N-ethyl adjacent to an activating group) is 2. The summed E-state index contributed by atoms with van der Waals surface area (Å²) < 4.78 is 24.9. The number of para-hydroxylation sites is 1. The second-order valence-corrected chi connectivity index (χ2v) is 34.6. The number of hydroxylamine groups is 4. The maximum Gasteiger partial charge on any atom is 0.494 e. The van der Waals surface area contributed by atoms with Crippen LogP contribution in [0.1, 0.15) is 148 Å². The van der Waals surface area contributed by atoms with Gasteiger partial charge >= 0.3 is 19.1 Å². The first-order valence-corrected chi connectivity index (χ1v) is 38.6. The standard InChI is InChI=1S/C37H56N4O7.C28H44IN3O5.C15H22BNO4.CH4/c1-23-30-19-28(37(30,3)4)20-31(23)38-35(44)34-33(24(2)43)32(21-42)48-41(34)13-11-9-10-12-25(22-47-15-14-39(5)6)26-16-27(36(45)46)18-29(17-26)40(7)8;1-16-20-12-19(28(20,3)4)13-22(16)30-27(35)25-24(17(2)34)23(15-33)37-32(25)14-18-8-7-9-21(29)26(18)36-11-10-31(5)6;1-14(2)15(3,4)21-16(20-14)11-7-10(13(18)19)8-12(9-11)17(5)6;/h9-12,16-18,22-24,28,30-34,42-43H,13-15,19-21H2,1-8H3,(H,38,44)(H,45,46);7-9,16-17,19-20,22-25,33-34H,10-15H2,1-6H3,(H,30,35);7-9H,1-6H3,(H,18,19);1H4/b11-9+,12-10-,25-22-;;;/t23-,24-,28+,30-,31-,32-,33+,34-;16-,17-,19+,20-,22-,23-,24+,25-;;/m00../s1. The van der Waals surface area contributed by atoms with Gasteiger partial charge in [0.25, 0.3) is 0 Å². The number of carbonyl (C=O) groups is 4. The van der Waals surface area contributed by atoms with Gasteiger partial charge in [-0.3, -0.25) is 19.3 Å². The van der Waals surface area contributed by atoms with Gasteiger partial charge in [-0.1, -0.05) is 85.4 Å². The summed E-state index contributed by atoms with van der Waals surface area (Å²) >= 11 is 2.26. The Labute approximate surface area is 650 Å². The smallest absolute Gasteiger partial charge is 0.494 e. The third-order valence-corrected chi connectivity index (χ3v) is 25.1. The Bertz CT molecular complexity index is 3590. The van der Waals surface area contributed by atoms with Gasteiger partial charge < -0.3 is 79.7 Å². The van der Waals surface area contributed by atoms with Gasteiger partial charge in [0, 0.05) is 94.3 Å². The molecule has 3 aromatic rings. The van der Waals surface area contributed by atoms with Crippen molar-refractivity contribution < 1.29 is 78.3 Å². The first-order chi connectivity index (χ1) is 49.6. The first-order valence-electron chi connectivity index (χ1n) is 37.5. The van der Waals surface area contributed by atoms with Crippen LogP contribution in [-0.2, 0) is 39.9 Å². The van der Waals surface area contributed by atoms with E-state index >= 15 is 0 Å². The molecule has 26 heteroatoms. The number of aliphatic hydroxyl groups is 4. The van der Waals surface area contributed by atoms with Crippen molar-refractivity contribution in [2.45, 2.75) is 183 Å². The summed E-state index contributed by atoms with van der Waals surface area (Å²) in [5.74, 6) is 0.475. The summed E-state index contributed by atoms with van der Waals surface area (Å²) in [5.41, 5.74) is 4.69. The Hall–Kier alpha value is -5.73. The quantitative estimate of drug-likeness (QED) is 0.0111. The number of aromatic carboxylic acids is 2. The Balaban J connectivity index is 0.000000239. The fourth-order valence-electron chi connectivity index (χ4n) is 16.6. The topological polar surface area (TPSA) is 289 Å². The van der Waals surface area contributed by atoms with E-state index in [1.165, 1.54) is 12.8 Å². The van der Waals surface area contributed by atoms with E-state index in [1.807, 2.05) is 153 Å². The zero-order chi connectivity index (χ0) is 78.4. The molecule has 8 N–H and O–H groups in total. The van der Waals surface area contributed by atoms with Gasteiger partial charge in [0.1, 0.15) is 36.6 Å². The van der Waals surface area contributed by atoms with E-state index in [9.17, 15) is 49.8 Å². The molecule has 0 aromatic heterocycles. The summed E-state index contributed by atoms with van der Waals surface area (Å²) in [5, 5.41) is 70.4. The second-order valence-electron chi connectivity index (χ2n) is 33.5. The van der Waals surface area contributed by atoms with Crippen LogP contribution >= 0.6 is 22.6 Å². The van der Waals surface area contributed by atoms with Crippen LogP contribution in [0, 0.1) is 61.7 Å². The summed E-state index contributed by atoms with van der Waals surface area (Å²) in [6.07, 6.45) is 10.3. The lowest BCUT2D eigenvalue weighted by atomic mass is 9.45. The Morgan fingerprint density at radius 1 is 0.654 bits per heavy atom. The highest BCUT2D eigenvalue weighted by molar-refractivity contribution is 14.1. The highest BCUT2D eigenvalue weighted by Gasteiger charge is 2.60. The lowest BCUT2D eigenvalue weighted by Crippen LogP contribution is -2.62. The minimum Gasteiger partial charge on any atom is -0.499 e. The molecule has 3 heterocycles. The molecule has 0 spiro atoms. The number of anilines is 2. The normalized spacial score (nSPS) is 28.7. The lowest BCUT2D eigenvalue weighted by Gasteiger charge is -2.62. The third-order valence-electron chi connectivity index (χ3n) is 24.2. The van der Waals surface area contributed by atoms with Crippen molar-refractivity contribution in [1.29, 1.82) is 0 Å². The molecule has 107 heavy (non-hydrogen) atoms. The van der Waals surface area contributed by atoms with Gasteiger partial charge in [0.2, 0.25) is 11.8 Å². The fraction of sp³-hybridized carbons (Fsp3) is 0.654. The van der Waals surface area contributed by atoms with Crippen LogP contribution in [-0.4, -0.2) is 244 Å². The van der Waals surface area contributed by atoms with E-state index in [4.69, 9.17) is 28.5 Å². The number of amides is 2. The van der Waals surface area contributed by atoms with E-state index in [1.54, 1.807) is 54.5 Å². The number of rotatable bonds is 28. The van der Waals surface area contributed by atoms with Crippen LogP contribution in [0.5, 0.6) is 5.75 Å². The minimum atomic E-state index is -1.02. The third kappa shape index (κ3) is 20.7. The lowest BCUT2D eigenvalue weighted by molar-refractivity contribution is -0.183. The average molecular weight is 1610 g/mol. The number of ether oxygens (including phenoxy) is 2. The zero-order valence-electron chi connectivity index (χ0n) is 66.2. The number of fused-ring (bicyclic) bond motifs is 4. The number of benzene rings is 3. The van der Waals surface area contributed by atoms with Crippen LogP contribution in [0.4, 0.5) is 11.4 Å². The van der Waals surface area contributed by atoms with Gasteiger partial charge in [-0.05, 0) is 218 Å². The molecule has 9 fully saturated rings. The molecule has 2 amide bonds. The van der Waals surface area contributed by atoms with Crippen molar-refractivity contribution >= 4 is 75.9 Å². The Morgan fingerprint density at radius 2 is 1.12 bits per heavy atom. The zero-order valence-corrected chi connectivity index (χ0v) is 68.4. The van der Waals surface area contributed by atoms with Crippen molar-refractivity contribution in [3.8, 4) is 5.75 Å². The van der Waals surface area contributed by atoms with Crippen LogP contribution in [0.25, 0.3) is 5.57 Å². The first kappa shape index (κ1) is 88.5. The monoisotopic (exact) mass is 1600 g/mol. The molecule has 16 atom stereocenters. The number of hydrogen-bond acceptors (Lipinski definition) is 20. The highest BCUT2D eigenvalue weighted by atomic mass is 127. The predicted octanol–water partition coefficient (Wildman–Crippen LogP) is 8.92. The van der Waals surface area contributed by atoms with Gasteiger partial charge in [0.05, 0.1) is 70.7 Å². The summed E-state index contributed by atoms with van der Waals surface area (Å²) in [4.78, 5) is 70.9. The number of nitrogens with one attached hydrogen (secondary N) is 2. The van der Waals surface area contributed by atoms with Gasteiger partial charge in [-0.2, -0.15) is 10.1 Å². The summed E-state index contributed by atoms with van der Waals surface area (Å²) in [6, 6.07) is 14.9. The molecule has 596 valence electrons. The molecule has 12 rings (SSSR count). The molecule has 3 saturated heterocycles. The number of aliphatic hydroxyl groups excluding tert-OH is 4. The van der Waals surface area contributed by atoms with E-state index in [0.29, 0.717) is 77.2 Å². The van der Waals surface area contributed by atoms with Crippen molar-refractivity contribution in [2.24, 2.45) is 58.2 Å². The molecule has 3 aliphatic heterocycles. The number of nitrogens with zero attached hydrogens (tertiary/aromatic N) is 6. The maximum absolute atomic E-state index is 13.9. The van der Waals surface area contributed by atoms with Crippen molar-refractivity contribution in [3.63, 3.8) is 0 Å². The molecule has 0 radical (unpaired) electrons. The van der Waals surface area contributed by atoms with Crippen LogP contribution in [0.2, 0.25) is 0 Å². The number of allylic oxidation sites excluding steroid dienone is 4. The maximum atomic E-state index is 13.9. The number of hydrogen-bond donors (Lipinski definition) is 8. The molecule has 0 unspecified atom stereocenters.